The molecule has 0 heterocycles. The molecule has 2 aliphatic carbocycles. The third kappa shape index (κ3) is 2.13. The summed E-state index contributed by atoms with van der Waals surface area (Å²) >= 11 is 0. The van der Waals surface area contributed by atoms with E-state index in [1.54, 1.807) is 11.1 Å². The minimum absolute atomic E-state index is 0.767. The summed E-state index contributed by atoms with van der Waals surface area (Å²) in [6.45, 7) is 6.95. The molecule has 1 fully saturated rings. The van der Waals surface area contributed by atoms with Crippen molar-refractivity contribution in [2.24, 2.45) is 17.8 Å². The van der Waals surface area contributed by atoms with E-state index < -0.39 is 0 Å². The van der Waals surface area contributed by atoms with Crippen molar-refractivity contribution >= 4 is 0 Å². The van der Waals surface area contributed by atoms with Crippen LogP contribution in [0, 0.1) is 17.8 Å². The first-order chi connectivity index (χ1) is 8.27. The third-order valence-corrected chi connectivity index (χ3v) is 4.43. The average Bonchev–Trinajstić information content (AvgIpc) is 3.03. The first kappa shape index (κ1) is 11.3. The topological polar surface area (TPSA) is 12.0 Å². The van der Waals surface area contributed by atoms with Crippen LogP contribution in [0.15, 0.2) is 24.3 Å². The molecule has 0 amide bonds. The summed E-state index contributed by atoms with van der Waals surface area (Å²) in [5, 5.41) is 3.63. The van der Waals surface area contributed by atoms with Crippen LogP contribution in [0.5, 0.6) is 0 Å². The fourth-order valence-electron chi connectivity index (χ4n) is 3.53. The van der Waals surface area contributed by atoms with Crippen LogP contribution in [0.3, 0.4) is 0 Å². The normalized spacial score (nSPS) is 29.9. The van der Waals surface area contributed by atoms with E-state index >= 15 is 0 Å². The molecule has 0 saturated heterocycles. The number of nitrogens with one attached hydrogen (secondary N) is 1. The van der Waals surface area contributed by atoms with E-state index in [1.165, 1.54) is 19.4 Å². The van der Waals surface area contributed by atoms with Gasteiger partial charge in [0.05, 0.1) is 0 Å². The Labute approximate surface area is 105 Å². The van der Waals surface area contributed by atoms with E-state index in [2.05, 4.69) is 43.4 Å². The van der Waals surface area contributed by atoms with Crippen LogP contribution < -0.4 is 5.32 Å². The van der Waals surface area contributed by atoms with Gasteiger partial charge in [-0.3, -0.25) is 0 Å². The predicted octanol–water partition coefficient (Wildman–Crippen LogP) is 3.21. The average molecular weight is 229 g/mol. The Kier molecular flexibility index (Phi) is 2.96. The van der Waals surface area contributed by atoms with E-state index in [0.717, 1.165) is 30.2 Å². The number of benzene rings is 1. The first-order valence-electron chi connectivity index (χ1n) is 7.06. The molecule has 1 aromatic rings. The summed E-state index contributed by atoms with van der Waals surface area (Å²) in [4.78, 5) is 0. The van der Waals surface area contributed by atoms with Crippen LogP contribution in [0.2, 0.25) is 0 Å². The van der Waals surface area contributed by atoms with E-state index in [1.807, 2.05) is 0 Å². The number of rotatable bonds is 4. The van der Waals surface area contributed by atoms with E-state index in [9.17, 15) is 0 Å². The van der Waals surface area contributed by atoms with Crippen LogP contribution >= 0.6 is 0 Å². The summed E-state index contributed by atoms with van der Waals surface area (Å²) < 4.78 is 0. The molecule has 1 heteroatoms. The van der Waals surface area contributed by atoms with Gasteiger partial charge in [0, 0.05) is 0 Å². The fraction of sp³-hybridized carbons (Fsp3) is 0.625. The fourth-order valence-corrected chi connectivity index (χ4v) is 3.53. The van der Waals surface area contributed by atoms with Crippen molar-refractivity contribution in [3.63, 3.8) is 0 Å². The molecule has 1 nitrogen and oxygen atoms in total. The largest absolute Gasteiger partial charge is 0.316 e. The number of hydrogen-bond acceptors (Lipinski definition) is 1. The molecule has 1 saturated carbocycles. The molecule has 0 spiro atoms. The van der Waals surface area contributed by atoms with Gasteiger partial charge in [0.15, 0.2) is 0 Å². The van der Waals surface area contributed by atoms with E-state index in [0.29, 0.717) is 0 Å². The van der Waals surface area contributed by atoms with E-state index in [-0.39, 0.29) is 0 Å². The van der Waals surface area contributed by atoms with Crippen molar-refractivity contribution in [1.82, 2.24) is 5.32 Å². The highest BCUT2D eigenvalue weighted by molar-refractivity contribution is 5.39. The highest BCUT2D eigenvalue weighted by atomic mass is 14.9. The molecular formula is C16H23N. The second-order valence-corrected chi connectivity index (χ2v) is 6.14. The van der Waals surface area contributed by atoms with Crippen molar-refractivity contribution in [1.29, 1.82) is 0 Å². The van der Waals surface area contributed by atoms with Crippen LogP contribution in [-0.2, 0) is 6.42 Å². The minimum atomic E-state index is 0.767. The van der Waals surface area contributed by atoms with Crippen molar-refractivity contribution in [3.05, 3.63) is 35.4 Å². The third-order valence-electron chi connectivity index (χ3n) is 4.43. The Morgan fingerprint density at radius 3 is 2.94 bits per heavy atom. The molecule has 0 bridgehead atoms. The number of aryl methyl sites for hydroxylation is 1. The molecular weight excluding hydrogens is 206 g/mol. The summed E-state index contributed by atoms with van der Waals surface area (Å²) in [5.41, 5.74) is 3.26. The lowest BCUT2D eigenvalue weighted by molar-refractivity contribution is 0.517. The van der Waals surface area contributed by atoms with Crippen LogP contribution in [0.25, 0.3) is 0 Å². The van der Waals surface area contributed by atoms with Gasteiger partial charge < -0.3 is 5.32 Å². The van der Waals surface area contributed by atoms with Gasteiger partial charge >= 0.3 is 0 Å². The highest BCUT2D eigenvalue weighted by Gasteiger charge is 2.52. The molecule has 1 aromatic carbocycles. The summed E-state index contributed by atoms with van der Waals surface area (Å²) in [5.74, 6) is 3.53. The maximum Gasteiger partial charge on any atom is -0.00116 e. The first-order valence-corrected chi connectivity index (χ1v) is 7.06. The van der Waals surface area contributed by atoms with Gasteiger partial charge in [-0.25, -0.2) is 0 Å². The molecule has 0 aliphatic heterocycles. The van der Waals surface area contributed by atoms with Crippen LogP contribution in [-0.4, -0.2) is 13.1 Å². The Balaban J connectivity index is 1.62. The quantitative estimate of drug-likeness (QED) is 0.836. The highest BCUT2D eigenvalue weighted by Crippen LogP contribution is 2.59. The zero-order valence-corrected chi connectivity index (χ0v) is 10.9. The summed E-state index contributed by atoms with van der Waals surface area (Å²) in [6, 6.07) is 9.07. The van der Waals surface area contributed by atoms with Gasteiger partial charge in [0.2, 0.25) is 0 Å². The van der Waals surface area contributed by atoms with Crippen molar-refractivity contribution in [2.45, 2.75) is 32.6 Å². The standard InChI is InChI=1S/C16H23N/c1-11(2)9-17-10-15-14-8-7-12-5-3-4-6-13(12)16(14)15/h3-6,11,14-17H,7-10H2,1-2H3. The second-order valence-electron chi connectivity index (χ2n) is 6.14. The zero-order chi connectivity index (χ0) is 11.8. The maximum absolute atomic E-state index is 3.63. The van der Waals surface area contributed by atoms with Crippen LogP contribution in [0.4, 0.5) is 0 Å². The Morgan fingerprint density at radius 2 is 2.12 bits per heavy atom. The predicted molar refractivity (Wildman–Crippen MR) is 72.2 cm³/mol. The Morgan fingerprint density at radius 1 is 1.29 bits per heavy atom. The Hall–Kier alpha value is -0.820. The molecule has 0 radical (unpaired) electrons. The molecule has 3 atom stereocenters. The summed E-state index contributed by atoms with van der Waals surface area (Å²) in [7, 11) is 0. The smallest absolute Gasteiger partial charge is 0.00116 e. The molecule has 2 aliphatic rings. The summed E-state index contributed by atoms with van der Waals surface area (Å²) in [6.07, 6.45) is 2.72. The lowest BCUT2D eigenvalue weighted by atomic mass is 9.92. The van der Waals surface area contributed by atoms with Crippen molar-refractivity contribution in [2.75, 3.05) is 13.1 Å². The SMILES string of the molecule is CC(C)CNCC1C2CCc3ccccc3C21. The van der Waals surface area contributed by atoms with Gasteiger partial charge in [0.1, 0.15) is 0 Å². The lowest BCUT2D eigenvalue weighted by Gasteiger charge is -2.13. The monoisotopic (exact) mass is 229 g/mol. The van der Waals surface area contributed by atoms with Crippen molar-refractivity contribution in [3.8, 4) is 0 Å². The maximum atomic E-state index is 3.63. The molecule has 92 valence electrons. The van der Waals surface area contributed by atoms with Gasteiger partial charge in [-0.15, -0.1) is 0 Å². The minimum Gasteiger partial charge on any atom is -0.316 e. The van der Waals surface area contributed by atoms with Crippen molar-refractivity contribution < 1.29 is 0 Å². The van der Waals surface area contributed by atoms with Gasteiger partial charge in [0.25, 0.3) is 0 Å². The molecule has 3 rings (SSSR count). The Bertz CT molecular complexity index is 396. The van der Waals surface area contributed by atoms with E-state index in [4.69, 9.17) is 0 Å². The number of fused-ring (bicyclic) bond motifs is 3. The second kappa shape index (κ2) is 4.45. The van der Waals surface area contributed by atoms with Gasteiger partial charge in [-0.1, -0.05) is 38.1 Å². The molecule has 0 aromatic heterocycles. The molecule has 1 N–H and O–H groups in total. The zero-order valence-electron chi connectivity index (χ0n) is 10.9. The van der Waals surface area contributed by atoms with Crippen LogP contribution in [0.1, 0.15) is 37.3 Å². The molecule has 3 unspecified atom stereocenters. The van der Waals surface area contributed by atoms with Gasteiger partial charge in [-0.2, -0.15) is 0 Å². The lowest BCUT2D eigenvalue weighted by Crippen LogP contribution is -2.22. The molecule has 17 heavy (non-hydrogen) atoms. The number of hydrogen-bond donors (Lipinski definition) is 1. The van der Waals surface area contributed by atoms with Gasteiger partial charge in [-0.05, 0) is 60.7 Å².